The average Bonchev–Trinajstić information content (AvgIpc) is 3.18. The van der Waals surface area contributed by atoms with E-state index in [0.717, 1.165) is 5.39 Å². The van der Waals surface area contributed by atoms with Crippen molar-refractivity contribution < 1.29 is 27.9 Å². The number of piperazine rings is 1. The maximum absolute atomic E-state index is 12.8. The molecule has 2 heterocycles. The second-order valence-electron chi connectivity index (χ2n) is 7.47. The molecular weight excluding hydrogens is 446 g/mol. The van der Waals surface area contributed by atoms with Crippen LogP contribution in [0.4, 0.5) is 4.79 Å². The van der Waals surface area contributed by atoms with Crippen LogP contribution in [0.25, 0.3) is 10.8 Å². The summed E-state index contributed by atoms with van der Waals surface area (Å²) in [6.45, 7) is 2.13. The molecule has 0 saturated carbocycles. The molecule has 0 aliphatic carbocycles. The number of rotatable bonds is 5. The van der Waals surface area contributed by atoms with E-state index in [-0.39, 0.29) is 18.0 Å². The number of hydrogen-bond acceptors (Lipinski definition) is 7. The number of hydrogen-bond donors (Lipinski definition) is 1. The highest BCUT2D eigenvalue weighted by molar-refractivity contribution is 7.91. The van der Waals surface area contributed by atoms with Crippen LogP contribution < -0.4 is 0 Å². The van der Waals surface area contributed by atoms with Crippen molar-refractivity contribution in [3.63, 3.8) is 0 Å². The lowest BCUT2D eigenvalue weighted by Crippen LogP contribution is -2.57. The van der Waals surface area contributed by atoms with Gasteiger partial charge in [-0.25, -0.2) is 23.2 Å². The Labute approximate surface area is 184 Å². The fourth-order valence-corrected chi connectivity index (χ4v) is 5.29. The van der Waals surface area contributed by atoms with Crippen molar-refractivity contribution in [3.05, 3.63) is 41.4 Å². The number of hydrazine groups is 1. The molecule has 1 atom stereocenters. The number of sulfone groups is 1. The molecule has 0 radical (unpaired) electrons. The van der Waals surface area contributed by atoms with Crippen LogP contribution in [-0.4, -0.2) is 91.6 Å². The summed E-state index contributed by atoms with van der Waals surface area (Å²) in [5.41, 5.74) is 0. The predicted octanol–water partition coefficient (Wildman–Crippen LogP) is 1.14. The molecule has 0 aromatic heterocycles. The van der Waals surface area contributed by atoms with Crippen molar-refractivity contribution in [1.82, 2.24) is 14.9 Å². The summed E-state index contributed by atoms with van der Waals surface area (Å²) < 4.78 is 30.5. The van der Waals surface area contributed by atoms with E-state index in [9.17, 15) is 23.1 Å². The largest absolute Gasteiger partial charge is 0.447 e. The molecule has 2 aliphatic heterocycles. The van der Waals surface area contributed by atoms with E-state index >= 15 is 0 Å². The van der Waals surface area contributed by atoms with Crippen molar-refractivity contribution in [2.75, 3.05) is 45.1 Å². The zero-order valence-corrected chi connectivity index (χ0v) is 18.2. The van der Waals surface area contributed by atoms with Crippen LogP contribution in [0, 0.1) is 0 Å². The fraction of sp³-hybridized carbons (Fsp3) is 0.400. The number of aliphatic hydroxyl groups excluding tert-OH is 1. The van der Waals surface area contributed by atoms with Gasteiger partial charge in [0.15, 0.2) is 9.84 Å². The van der Waals surface area contributed by atoms with Gasteiger partial charge in [-0.05, 0) is 35.0 Å². The number of benzene rings is 2. The highest BCUT2D eigenvalue weighted by atomic mass is 35.5. The standard InChI is InChI=1S/C20H22ClN3O6S/c21-16-3-1-15-12-17(4-2-14(15)11-16)31(28,29)13-18(25)19(26)22-5-7-23(8-6-22)24-9-10-30-20(24)27/h1-4,11-12,18,25H,5-10,13H2/t18-/m1/s1. The summed E-state index contributed by atoms with van der Waals surface area (Å²) in [5, 5.41) is 15.7. The smallest absolute Gasteiger partial charge is 0.424 e. The molecule has 2 aromatic carbocycles. The number of ether oxygens (including phenoxy) is 1. The van der Waals surface area contributed by atoms with E-state index in [1.54, 1.807) is 29.3 Å². The topological polar surface area (TPSA) is 107 Å². The number of fused-ring (bicyclic) bond motifs is 1. The van der Waals surface area contributed by atoms with Gasteiger partial charge in [0.2, 0.25) is 0 Å². The highest BCUT2D eigenvalue weighted by Gasteiger charge is 2.34. The van der Waals surface area contributed by atoms with Gasteiger partial charge >= 0.3 is 6.09 Å². The van der Waals surface area contributed by atoms with Crippen molar-refractivity contribution in [1.29, 1.82) is 0 Å². The van der Waals surface area contributed by atoms with Crippen LogP contribution in [0.3, 0.4) is 0 Å². The van der Waals surface area contributed by atoms with Gasteiger partial charge in [-0.2, -0.15) is 0 Å². The van der Waals surface area contributed by atoms with Gasteiger partial charge in [0.25, 0.3) is 5.91 Å². The first-order valence-electron chi connectivity index (χ1n) is 9.83. The summed E-state index contributed by atoms with van der Waals surface area (Å²) in [6, 6.07) is 9.71. The Balaban J connectivity index is 1.39. The molecule has 0 bridgehead atoms. The SMILES string of the molecule is O=C([C@H](O)CS(=O)(=O)c1ccc2cc(Cl)ccc2c1)N1CCN(N2CCOC2=O)CC1. The molecule has 166 valence electrons. The molecule has 2 amide bonds. The zero-order valence-electron chi connectivity index (χ0n) is 16.6. The van der Waals surface area contributed by atoms with Crippen molar-refractivity contribution >= 4 is 44.2 Å². The van der Waals surface area contributed by atoms with Gasteiger partial charge in [0.05, 0.1) is 17.2 Å². The first kappa shape index (κ1) is 21.8. The third-order valence-electron chi connectivity index (χ3n) is 5.44. The molecule has 31 heavy (non-hydrogen) atoms. The third-order valence-corrected chi connectivity index (χ3v) is 7.41. The second kappa shape index (κ2) is 8.62. The van der Waals surface area contributed by atoms with E-state index in [0.29, 0.717) is 36.7 Å². The number of halogens is 1. The summed E-state index contributed by atoms with van der Waals surface area (Å²) in [5.74, 6) is -1.34. The molecule has 2 fully saturated rings. The van der Waals surface area contributed by atoms with E-state index in [4.69, 9.17) is 16.3 Å². The average molecular weight is 468 g/mol. The minimum atomic E-state index is -3.89. The molecule has 0 unspecified atom stereocenters. The molecule has 2 aromatic rings. The van der Waals surface area contributed by atoms with Crippen LogP contribution >= 0.6 is 11.6 Å². The first-order valence-corrected chi connectivity index (χ1v) is 11.9. The maximum Gasteiger partial charge on any atom is 0.424 e. The monoisotopic (exact) mass is 467 g/mol. The Morgan fingerprint density at radius 1 is 1.06 bits per heavy atom. The van der Waals surface area contributed by atoms with Crippen molar-refractivity contribution in [2.45, 2.75) is 11.0 Å². The number of nitrogens with zero attached hydrogens (tertiary/aromatic N) is 3. The maximum atomic E-state index is 12.8. The highest BCUT2D eigenvalue weighted by Crippen LogP contribution is 2.24. The Kier molecular flexibility index (Phi) is 6.07. The van der Waals surface area contributed by atoms with E-state index in [1.165, 1.54) is 22.0 Å². The fourth-order valence-electron chi connectivity index (χ4n) is 3.77. The Morgan fingerprint density at radius 3 is 2.42 bits per heavy atom. The summed E-state index contributed by atoms with van der Waals surface area (Å²) in [6.07, 6.45) is -2.09. The second-order valence-corrected chi connectivity index (χ2v) is 9.94. The number of amides is 2. The Morgan fingerprint density at radius 2 is 1.74 bits per heavy atom. The van der Waals surface area contributed by atoms with Crippen LogP contribution in [0.1, 0.15) is 0 Å². The molecule has 1 N–H and O–H groups in total. The molecule has 9 nitrogen and oxygen atoms in total. The molecule has 4 rings (SSSR count). The Bertz CT molecular complexity index is 1120. The lowest BCUT2D eigenvalue weighted by Gasteiger charge is -2.38. The molecule has 0 spiro atoms. The van der Waals surface area contributed by atoms with Crippen LogP contribution in [0.15, 0.2) is 41.3 Å². The minimum Gasteiger partial charge on any atom is -0.447 e. The lowest BCUT2D eigenvalue weighted by molar-refractivity contribution is -0.142. The van der Waals surface area contributed by atoms with Gasteiger partial charge in [0, 0.05) is 31.2 Å². The van der Waals surface area contributed by atoms with E-state index in [1.807, 2.05) is 0 Å². The number of carbonyl (C=O) groups is 2. The van der Waals surface area contributed by atoms with Gasteiger partial charge in [-0.1, -0.05) is 23.7 Å². The molecule has 2 aliphatic rings. The van der Waals surface area contributed by atoms with Gasteiger partial charge in [0.1, 0.15) is 12.7 Å². The predicted molar refractivity (Wildman–Crippen MR) is 113 cm³/mol. The number of aliphatic hydroxyl groups is 1. The van der Waals surface area contributed by atoms with Crippen LogP contribution in [0.2, 0.25) is 5.02 Å². The van der Waals surface area contributed by atoms with Crippen LogP contribution in [-0.2, 0) is 19.4 Å². The molecule has 2 saturated heterocycles. The lowest BCUT2D eigenvalue weighted by atomic mass is 10.1. The van der Waals surface area contributed by atoms with Gasteiger partial charge in [-0.3, -0.25) is 4.79 Å². The minimum absolute atomic E-state index is 0.0338. The van der Waals surface area contributed by atoms with Gasteiger partial charge < -0.3 is 14.7 Å². The molecule has 11 heteroatoms. The van der Waals surface area contributed by atoms with E-state index in [2.05, 4.69) is 0 Å². The first-order chi connectivity index (χ1) is 14.7. The zero-order chi connectivity index (χ0) is 22.2. The summed E-state index contributed by atoms with van der Waals surface area (Å²) in [4.78, 5) is 25.7. The quantitative estimate of drug-likeness (QED) is 0.702. The third kappa shape index (κ3) is 4.62. The molecular formula is C20H22ClN3O6S. The normalized spacial score (nSPS) is 19.0. The summed E-state index contributed by atoms with van der Waals surface area (Å²) >= 11 is 5.96. The Hall–Kier alpha value is -2.40. The van der Waals surface area contributed by atoms with Crippen molar-refractivity contribution in [2.24, 2.45) is 0 Å². The van der Waals surface area contributed by atoms with Crippen LogP contribution in [0.5, 0.6) is 0 Å². The number of cyclic esters (lactones) is 1. The van der Waals surface area contributed by atoms with E-state index < -0.39 is 33.7 Å². The summed E-state index contributed by atoms with van der Waals surface area (Å²) in [7, 11) is -3.89. The van der Waals surface area contributed by atoms with Gasteiger partial charge in [-0.15, -0.1) is 0 Å². The van der Waals surface area contributed by atoms with Crippen molar-refractivity contribution in [3.8, 4) is 0 Å². The number of carbonyl (C=O) groups excluding carboxylic acids is 2.